The van der Waals surface area contributed by atoms with Gasteiger partial charge in [-0.15, -0.1) is 0 Å². The van der Waals surface area contributed by atoms with E-state index < -0.39 is 11.7 Å². The number of amides is 1. The van der Waals surface area contributed by atoms with Crippen LogP contribution in [0.5, 0.6) is 0 Å². The molecule has 1 aromatic carbocycles. The van der Waals surface area contributed by atoms with Crippen LogP contribution in [0.2, 0.25) is 0 Å². The second-order valence-corrected chi connectivity index (χ2v) is 5.06. The molecule has 0 bridgehead atoms. The molecule has 2 unspecified atom stereocenters. The monoisotopic (exact) mass is 266 g/mol. The van der Waals surface area contributed by atoms with Gasteiger partial charge in [0.25, 0.3) is 5.91 Å². The van der Waals surface area contributed by atoms with Crippen LogP contribution in [0.25, 0.3) is 0 Å². The normalized spacial score (nSPS) is 13.9. The van der Waals surface area contributed by atoms with E-state index in [2.05, 4.69) is 26.1 Å². The molecule has 2 atom stereocenters. The molecule has 0 saturated heterocycles. The van der Waals surface area contributed by atoms with Gasteiger partial charge in [-0.25, -0.2) is 4.39 Å². The van der Waals surface area contributed by atoms with Gasteiger partial charge in [-0.05, 0) is 37.0 Å². The van der Waals surface area contributed by atoms with Crippen molar-refractivity contribution in [3.8, 4) is 0 Å². The first-order valence-corrected chi connectivity index (χ1v) is 6.83. The van der Waals surface area contributed by atoms with Crippen molar-refractivity contribution >= 4 is 11.6 Å². The molecule has 0 spiro atoms. The summed E-state index contributed by atoms with van der Waals surface area (Å²) in [4.78, 5) is 11.1. The standard InChI is InChI=1S/C15H23FN2O/c1-4-10(3)8-11(5-2)18-12-6-7-14(16)13(9-12)15(17)19/h6-7,9-11,18H,4-5,8H2,1-3H3,(H2,17,19). The molecule has 0 fully saturated rings. The first-order chi connectivity index (χ1) is 8.97. The largest absolute Gasteiger partial charge is 0.382 e. The maximum atomic E-state index is 13.4. The number of hydrogen-bond donors (Lipinski definition) is 2. The van der Waals surface area contributed by atoms with E-state index >= 15 is 0 Å². The van der Waals surface area contributed by atoms with Gasteiger partial charge in [0.05, 0.1) is 5.56 Å². The van der Waals surface area contributed by atoms with Gasteiger partial charge in [-0.1, -0.05) is 27.2 Å². The number of carbonyl (C=O) groups is 1. The Balaban J connectivity index is 2.80. The topological polar surface area (TPSA) is 55.1 Å². The Morgan fingerprint density at radius 1 is 1.37 bits per heavy atom. The molecule has 0 saturated carbocycles. The summed E-state index contributed by atoms with van der Waals surface area (Å²) in [5, 5.41) is 3.34. The quantitative estimate of drug-likeness (QED) is 0.793. The number of benzene rings is 1. The Morgan fingerprint density at radius 3 is 2.58 bits per heavy atom. The summed E-state index contributed by atoms with van der Waals surface area (Å²) in [5.74, 6) is -0.683. The summed E-state index contributed by atoms with van der Waals surface area (Å²) in [6, 6.07) is 4.72. The molecular weight excluding hydrogens is 243 g/mol. The van der Waals surface area contributed by atoms with Crippen molar-refractivity contribution in [3.63, 3.8) is 0 Å². The number of nitrogens with two attached hydrogens (primary N) is 1. The highest BCUT2D eigenvalue weighted by molar-refractivity contribution is 5.94. The van der Waals surface area contributed by atoms with Gasteiger partial charge in [-0.2, -0.15) is 0 Å². The predicted octanol–water partition coefficient (Wildman–Crippen LogP) is 3.55. The van der Waals surface area contributed by atoms with Crippen molar-refractivity contribution in [1.29, 1.82) is 0 Å². The smallest absolute Gasteiger partial charge is 0.251 e. The lowest BCUT2D eigenvalue weighted by molar-refractivity contribution is 0.0996. The molecule has 3 N–H and O–H groups in total. The predicted molar refractivity (Wildman–Crippen MR) is 76.7 cm³/mol. The molecule has 4 heteroatoms. The Kier molecular flexibility index (Phi) is 5.80. The number of anilines is 1. The van der Waals surface area contributed by atoms with Gasteiger partial charge < -0.3 is 11.1 Å². The van der Waals surface area contributed by atoms with E-state index in [1.807, 2.05) is 0 Å². The van der Waals surface area contributed by atoms with Crippen molar-refractivity contribution in [2.75, 3.05) is 5.32 Å². The number of primary amides is 1. The zero-order valence-electron chi connectivity index (χ0n) is 11.9. The highest BCUT2D eigenvalue weighted by Crippen LogP contribution is 2.19. The number of hydrogen-bond acceptors (Lipinski definition) is 2. The summed E-state index contributed by atoms with van der Waals surface area (Å²) in [5.41, 5.74) is 5.82. The molecular formula is C15H23FN2O. The third kappa shape index (κ3) is 4.54. The molecule has 106 valence electrons. The van der Waals surface area contributed by atoms with Gasteiger partial charge in [-0.3, -0.25) is 4.79 Å². The third-order valence-corrected chi connectivity index (χ3v) is 3.48. The van der Waals surface area contributed by atoms with E-state index in [0.29, 0.717) is 12.0 Å². The fourth-order valence-electron chi connectivity index (χ4n) is 2.02. The van der Waals surface area contributed by atoms with Crippen molar-refractivity contribution in [1.82, 2.24) is 0 Å². The minimum Gasteiger partial charge on any atom is -0.382 e. The number of nitrogens with one attached hydrogen (secondary N) is 1. The zero-order valence-corrected chi connectivity index (χ0v) is 11.9. The molecule has 3 nitrogen and oxygen atoms in total. The molecule has 0 aromatic heterocycles. The maximum Gasteiger partial charge on any atom is 0.251 e. The van der Waals surface area contributed by atoms with Crippen LogP contribution in [0.1, 0.15) is 50.4 Å². The van der Waals surface area contributed by atoms with E-state index in [9.17, 15) is 9.18 Å². The minimum absolute atomic E-state index is 0.0663. The van der Waals surface area contributed by atoms with Gasteiger partial charge in [0.2, 0.25) is 0 Å². The highest BCUT2D eigenvalue weighted by Gasteiger charge is 2.13. The van der Waals surface area contributed by atoms with Crippen LogP contribution in [0.4, 0.5) is 10.1 Å². The van der Waals surface area contributed by atoms with Crippen molar-refractivity contribution in [2.45, 2.75) is 46.1 Å². The fraction of sp³-hybridized carbons (Fsp3) is 0.533. The SMILES string of the molecule is CCC(C)CC(CC)Nc1ccc(F)c(C(N)=O)c1. The van der Waals surface area contributed by atoms with Crippen LogP contribution in [-0.4, -0.2) is 11.9 Å². The first kappa shape index (κ1) is 15.5. The third-order valence-electron chi connectivity index (χ3n) is 3.48. The Hall–Kier alpha value is -1.58. The van der Waals surface area contributed by atoms with Crippen LogP contribution < -0.4 is 11.1 Å². The lowest BCUT2D eigenvalue weighted by Gasteiger charge is -2.21. The van der Waals surface area contributed by atoms with Crippen molar-refractivity contribution in [3.05, 3.63) is 29.6 Å². The zero-order chi connectivity index (χ0) is 14.4. The van der Waals surface area contributed by atoms with Gasteiger partial charge >= 0.3 is 0 Å². The summed E-state index contributed by atoms with van der Waals surface area (Å²) in [7, 11) is 0. The number of rotatable bonds is 7. The molecule has 0 aliphatic rings. The number of carbonyl (C=O) groups excluding carboxylic acids is 1. The molecule has 1 aromatic rings. The van der Waals surface area contributed by atoms with Gasteiger partial charge in [0, 0.05) is 11.7 Å². The van der Waals surface area contributed by atoms with Crippen LogP contribution in [-0.2, 0) is 0 Å². The van der Waals surface area contributed by atoms with Crippen molar-refractivity contribution < 1.29 is 9.18 Å². The van der Waals surface area contributed by atoms with Crippen LogP contribution in [0.15, 0.2) is 18.2 Å². The summed E-state index contributed by atoms with van der Waals surface area (Å²) in [6.07, 6.45) is 3.16. The van der Waals surface area contributed by atoms with Gasteiger partial charge in [0.1, 0.15) is 5.82 Å². The molecule has 0 heterocycles. The Morgan fingerprint density at radius 2 is 2.05 bits per heavy atom. The summed E-state index contributed by atoms with van der Waals surface area (Å²) >= 11 is 0. The lowest BCUT2D eigenvalue weighted by atomic mass is 9.97. The average molecular weight is 266 g/mol. The molecule has 0 aliphatic heterocycles. The fourth-order valence-corrected chi connectivity index (χ4v) is 2.02. The van der Waals surface area contributed by atoms with Crippen LogP contribution in [0, 0.1) is 11.7 Å². The van der Waals surface area contributed by atoms with E-state index in [-0.39, 0.29) is 5.56 Å². The summed E-state index contributed by atoms with van der Waals surface area (Å²) < 4.78 is 13.4. The molecule has 1 amide bonds. The average Bonchev–Trinajstić information content (AvgIpc) is 2.39. The van der Waals surface area contributed by atoms with E-state index in [1.165, 1.54) is 12.1 Å². The first-order valence-electron chi connectivity index (χ1n) is 6.83. The molecule has 0 radical (unpaired) electrons. The Bertz CT molecular complexity index is 434. The minimum atomic E-state index is -0.740. The van der Waals surface area contributed by atoms with E-state index in [1.54, 1.807) is 6.07 Å². The maximum absolute atomic E-state index is 13.4. The second-order valence-electron chi connectivity index (χ2n) is 5.06. The number of halogens is 1. The van der Waals surface area contributed by atoms with Gasteiger partial charge in [0.15, 0.2) is 0 Å². The van der Waals surface area contributed by atoms with Crippen molar-refractivity contribution in [2.24, 2.45) is 11.7 Å². The van der Waals surface area contributed by atoms with E-state index in [0.717, 1.165) is 24.9 Å². The highest BCUT2D eigenvalue weighted by atomic mass is 19.1. The van der Waals surface area contributed by atoms with E-state index in [4.69, 9.17) is 5.73 Å². The van der Waals surface area contributed by atoms with Crippen LogP contribution in [0.3, 0.4) is 0 Å². The molecule has 1 rings (SSSR count). The Labute approximate surface area is 114 Å². The molecule has 0 aliphatic carbocycles. The second kappa shape index (κ2) is 7.12. The molecule has 19 heavy (non-hydrogen) atoms. The van der Waals surface area contributed by atoms with Crippen LogP contribution >= 0.6 is 0 Å². The summed E-state index contributed by atoms with van der Waals surface area (Å²) in [6.45, 7) is 6.49. The lowest BCUT2D eigenvalue weighted by Crippen LogP contribution is -2.22.